The lowest BCUT2D eigenvalue weighted by atomic mass is 10.1. The summed E-state index contributed by atoms with van der Waals surface area (Å²) in [6.07, 6.45) is 6.53. The van der Waals surface area contributed by atoms with E-state index in [0.29, 0.717) is 12.3 Å². The molecular weight excluding hydrogens is 330 g/mol. The number of ether oxygens (including phenoxy) is 1. The number of rotatable bonds is 7. The van der Waals surface area contributed by atoms with Crippen molar-refractivity contribution in [2.24, 2.45) is 0 Å². The number of benzene rings is 1. The van der Waals surface area contributed by atoms with Crippen molar-refractivity contribution in [3.8, 4) is 5.75 Å². The SMILES string of the molecule is COc1cccc(CC(=O)N2CCCC2CCc2noc(C3CC3)n2)c1. The summed E-state index contributed by atoms with van der Waals surface area (Å²) in [6, 6.07) is 8.01. The minimum absolute atomic E-state index is 0.188. The molecule has 6 nitrogen and oxygen atoms in total. The smallest absolute Gasteiger partial charge is 0.229 e. The molecule has 1 aromatic carbocycles. The number of hydrogen-bond acceptors (Lipinski definition) is 5. The first-order valence-corrected chi connectivity index (χ1v) is 9.48. The van der Waals surface area contributed by atoms with Gasteiger partial charge < -0.3 is 14.2 Å². The van der Waals surface area contributed by atoms with Gasteiger partial charge in [0.05, 0.1) is 13.5 Å². The lowest BCUT2D eigenvalue weighted by molar-refractivity contribution is -0.131. The average Bonchev–Trinajstić information content (AvgIpc) is 3.21. The first kappa shape index (κ1) is 17.1. The maximum Gasteiger partial charge on any atom is 0.229 e. The lowest BCUT2D eigenvalue weighted by Gasteiger charge is -2.24. The van der Waals surface area contributed by atoms with Gasteiger partial charge in [0, 0.05) is 24.9 Å². The van der Waals surface area contributed by atoms with Gasteiger partial charge in [-0.1, -0.05) is 17.3 Å². The van der Waals surface area contributed by atoms with Crippen LogP contribution in [0.15, 0.2) is 28.8 Å². The maximum atomic E-state index is 12.8. The zero-order valence-electron chi connectivity index (χ0n) is 15.2. The minimum atomic E-state index is 0.188. The number of likely N-dealkylation sites (tertiary alicyclic amines) is 1. The highest BCUT2D eigenvalue weighted by atomic mass is 16.5. The quantitative estimate of drug-likeness (QED) is 0.763. The van der Waals surface area contributed by atoms with Gasteiger partial charge in [0.1, 0.15) is 5.75 Å². The van der Waals surface area contributed by atoms with Crippen LogP contribution in [0.4, 0.5) is 0 Å². The molecule has 1 aliphatic carbocycles. The topological polar surface area (TPSA) is 68.5 Å². The van der Waals surface area contributed by atoms with E-state index in [0.717, 1.165) is 68.1 Å². The van der Waals surface area contributed by atoms with Crippen LogP contribution in [0.3, 0.4) is 0 Å². The van der Waals surface area contributed by atoms with Crippen LogP contribution in [-0.2, 0) is 17.6 Å². The molecule has 6 heteroatoms. The molecule has 2 heterocycles. The molecule has 1 amide bonds. The number of hydrogen-bond donors (Lipinski definition) is 0. The molecule has 1 unspecified atom stereocenters. The number of methoxy groups -OCH3 is 1. The Balaban J connectivity index is 1.33. The highest BCUT2D eigenvalue weighted by Gasteiger charge is 2.31. The van der Waals surface area contributed by atoms with E-state index in [9.17, 15) is 4.79 Å². The van der Waals surface area contributed by atoms with Crippen LogP contribution in [0.1, 0.15) is 55.3 Å². The molecule has 138 valence electrons. The number of aryl methyl sites for hydroxylation is 1. The third kappa shape index (κ3) is 3.89. The second kappa shape index (κ2) is 7.48. The minimum Gasteiger partial charge on any atom is -0.497 e. The van der Waals surface area contributed by atoms with Gasteiger partial charge in [0.25, 0.3) is 0 Å². The van der Waals surface area contributed by atoms with Crippen LogP contribution in [0.25, 0.3) is 0 Å². The number of amides is 1. The Kier molecular flexibility index (Phi) is 4.91. The number of carbonyl (C=O) groups is 1. The summed E-state index contributed by atoms with van der Waals surface area (Å²) >= 11 is 0. The summed E-state index contributed by atoms with van der Waals surface area (Å²) in [7, 11) is 1.64. The largest absolute Gasteiger partial charge is 0.497 e. The Morgan fingerprint density at radius 1 is 1.35 bits per heavy atom. The standard InChI is InChI=1S/C20H25N3O3/c1-25-17-6-2-4-14(12-17)13-19(24)23-11-3-5-16(23)9-10-18-21-20(26-22-18)15-7-8-15/h2,4,6,12,15-16H,3,5,7-11,13H2,1H3. The van der Waals surface area contributed by atoms with Gasteiger partial charge in [-0.3, -0.25) is 4.79 Å². The third-order valence-electron chi connectivity index (χ3n) is 5.30. The summed E-state index contributed by atoms with van der Waals surface area (Å²) in [4.78, 5) is 19.3. The second-order valence-electron chi connectivity index (χ2n) is 7.27. The van der Waals surface area contributed by atoms with E-state index in [4.69, 9.17) is 9.26 Å². The van der Waals surface area contributed by atoms with Crippen molar-refractivity contribution >= 4 is 5.91 Å². The molecule has 2 fully saturated rings. The van der Waals surface area contributed by atoms with Gasteiger partial charge in [-0.15, -0.1) is 0 Å². The molecule has 2 aliphatic rings. The van der Waals surface area contributed by atoms with Crippen LogP contribution >= 0.6 is 0 Å². The fourth-order valence-electron chi connectivity index (χ4n) is 3.68. The Bertz CT molecular complexity index is 769. The Morgan fingerprint density at radius 2 is 2.23 bits per heavy atom. The van der Waals surface area contributed by atoms with Crippen molar-refractivity contribution < 1.29 is 14.1 Å². The fraction of sp³-hybridized carbons (Fsp3) is 0.550. The molecule has 1 saturated heterocycles. The molecule has 0 spiro atoms. The number of aromatic nitrogens is 2. The molecule has 0 bridgehead atoms. The Hall–Kier alpha value is -2.37. The van der Waals surface area contributed by atoms with Crippen LogP contribution < -0.4 is 4.74 Å². The van der Waals surface area contributed by atoms with E-state index in [1.807, 2.05) is 29.2 Å². The van der Waals surface area contributed by atoms with Crippen molar-refractivity contribution in [3.05, 3.63) is 41.5 Å². The fourth-order valence-corrected chi connectivity index (χ4v) is 3.68. The van der Waals surface area contributed by atoms with Gasteiger partial charge in [0.15, 0.2) is 5.82 Å². The summed E-state index contributed by atoms with van der Waals surface area (Å²) in [5, 5.41) is 4.09. The van der Waals surface area contributed by atoms with Crippen LogP contribution in [0.2, 0.25) is 0 Å². The normalized spacial score (nSPS) is 19.7. The van der Waals surface area contributed by atoms with E-state index in [2.05, 4.69) is 10.1 Å². The van der Waals surface area contributed by atoms with Gasteiger partial charge in [0.2, 0.25) is 11.8 Å². The van der Waals surface area contributed by atoms with E-state index in [1.165, 1.54) is 0 Å². The highest BCUT2D eigenvalue weighted by Crippen LogP contribution is 2.38. The molecule has 26 heavy (non-hydrogen) atoms. The predicted octanol–water partition coefficient (Wildman–Crippen LogP) is 3.12. The zero-order chi connectivity index (χ0) is 17.9. The second-order valence-corrected chi connectivity index (χ2v) is 7.27. The van der Waals surface area contributed by atoms with Gasteiger partial charge in [-0.05, 0) is 49.8 Å². The van der Waals surface area contributed by atoms with Gasteiger partial charge in [-0.25, -0.2) is 0 Å². The third-order valence-corrected chi connectivity index (χ3v) is 5.30. The summed E-state index contributed by atoms with van der Waals surface area (Å²) in [5.41, 5.74) is 0.993. The average molecular weight is 355 g/mol. The maximum absolute atomic E-state index is 12.8. The van der Waals surface area contributed by atoms with Gasteiger partial charge in [-0.2, -0.15) is 4.98 Å². The van der Waals surface area contributed by atoms with E-state index < -0.39 is 0 Å². The number of carbonyl (C=O) groups excluding carboxylic acids is 1. The molecule has 2 aromatic rings. The van der Waals surface area contributed by atoms with Crippen LogP contribution in [-0.4, -0.2) is 40.6 Å². The molecule has 1 aromatic heterocycles. The Labute approximate surface area is 153 Å². The number of nitrogens with zero attached hydrogens (tertiary/aromatic N) is 3. The Morgan fingerprint density at radius 3 is 3.04 bits per heavy atom. The zero-order valence-corrected chi connectivity index (χ0v) is 15.2. The lowest BCUT2D eigenvalue weighted by Crippen LogP contribution is -2.36. The van der Waals surface area contributed by atoms with Crippen molar-refractivity contribution in [1.82, 2.24) is 15.0 Å². The summed E-state index contributed by atoms with van der Waals surface area (Å²) in [5.74, 6) is 3.03. The first-order chi connectivity index (χ1) is 12.7. The monoisotopic (exact) mass is 355 g/mol. The van der Waals surface area contributed by atoms with Crippen molar-refractivity contribution in [1.29, 1.82) is 0 Å². The van der Waals surface area contributed by atoms with Crippen LogP contribution in [0.5, 0.6) is 5.75 Å². The molecule has 1 saturated carbocycles. The molecule has 1 atom stereocenters. The van der Waals surface area contributed by atoms with Crippen molar-refractivity contribution in [2.45, 2.75) is 56.9 Å². The molecular formula is C20H25N3O3. The van der Waals surface area contributed by atoms with Crippen molar-refractivity contribution in [2.75, 3.05) is 13.7 Å². The molecule has 0 N–H and O–H groups in total. The molecule has 0 radical (unpaired) electrons. The summed E-state index contributed by atoms with van der Waals surface area (Å²) < 4.78 is 10.6. The molecule has 1 aliphatic heterocycles. The highest BCUT2D eigenvalue weighted by molar-refractivity contribution is 5.79. The summed E-state index contributed by atoms with van der Waals surface area (Å²) in [6.45, 7) is 0.840. The first-order valence-electron chi connectivity index (χ1n) is 9.48. The molecule has 4 rings (SSSR count). The van der Waals surface area contributed by atoms with E-state index in [-0.39, 0.29) is 11.9 Å². The van der Waals surface area contributed by atoms with Gasteiger partial charge >= 0.3 is 0 Å². The van der Waals surface area contributed by atoms with E-state index in [1.54, 1.807) is 7.11 Å². The van der Waals surface area contributed by atoms with Crippen molar-refractivity contribution in [3.63, 3.8) is 0 Å². The van der Waals surface area contributed by atoms with E-state index >= 15 is 0 Å². The predicted molar refractivity (Wildman–Crippen MR) is 96.0 cm³/mol. The van der Waals surface area contributed by atoms with Crippen LogP contribution in [0, 0.1) is 0 Å².